The zero-order valence-electron chi connectivity index (χ0n) is 13.2. The summed E-state index contributed by atoms with van der Waals surface area (Å²) >= 11 is 0. The topological polar surface area (TPSA) is 63.7 Å². The van der Waals surface area contributed by atoms with Gasteiger partial charge in [-0.25, -0.2) is 9.18 Å². The molecular formula is C19H14FNO4. The van der Waals surface area contributed by atoms with E-state index in [-0.39, 0.29) is 35.4 Å². The third-order valence-electron chi connectivity index (χ3n) is 3.83. The summed E-state index contributed by atoms with van der Waals surface area (Å²) in [6.07, 6.45) is 1.45. The highest BCUT2D eigenvalue weighted by Crippen LogP contribution is 2.24. The number of rotatable bonds is 5. The number of esters is 1. The van der Waals surface area contributed by atoms with Gasteiger partial charge in [0.25, 0.3) is 11.8 Å². The Labute approximate surface area is 143 Å². The second kappa shape index (κ2) is 6.68. The third-order valence-corrected chi connectivity index (χ3v) is 3.83. The predicted molar refractivity (Wildman–Crippen MR) is 87.5 cm³/mol. The molecule has 3 rings (SSSR count). The summed E-state index contributed by atoms with van der Waals surface area (Å²) in [5, 5.41) is 0. The number of nitrogens with zero attached hydrogens (tertiary/aromatic N) is 1. The standard InChI is InChI=1S/C19H14FNO4/c1-2-9-21-17(22)14-8-7-12(10-15(14)18(21)23)19(24)25-11-13-5-3-4-6-16(13)20/h2-8,10H,1,9,11H2. The van der Waals surface area contributed by atoms with Crippen LogP contribution in [0.1, 0.15) is 36.6 Å². The fourth-order valence-electron chi connectivity index (χ4n) is 2.55. The first-order chi connectivity index (χ1) is 12.0. The van der Waals surface area contributed by atoms with Crippen LogP contribution in [-0.4, -0.2) is 29.2 Å². The Hall–Kier alpha value is -3.28. The maximum atomic E-state index is 13.5. The Kier molecular flexibility index (Phi) is 4.43. The summed E-state index contributed by atoms with van der Waals surface area (Å²) in [7, 11) is 0. The molecule has 126 valence electrons. The number of ether oxygens (including phenoxy) is 1. The van der Waals surface area contributed by atoms with Crippen LogP contribution >= 0.6 is 0 Å². The van der Waals surface area contributed by atoms with E-state index < -0.39 is 23.6 Å². The molecular weight excluding hydrogens is 325 g/mol. The van der Waals surface area contributed by atoms with E-state index in [2.05, 4.69) is 6.58 Å². The fraction of sp³-hybridized carbons (Fsp3) is 0.105. The van der Waals surface area contributed by atoms with Crippen molar-refractivity contribution in [3.63, 3.8) is 0 Å². The number of hydrogen-bond acceptors (Lipinski definition) is 4. The molecule has 0 aromatic heterocycles. The number of amides is 2. The van der Waals surface area contributed by atoms with Gasteiger partial charge in [0, 0.05) is 12.1 Å². The summed E-state index contributed by atoms with van der Waals surface area (Å²) < 4.78 is 18.6. The first-order valence-electron chi connectivity index (χ1n) is 7.54. The van der Waals surface area contributed by atoms with Crippen LogP contribution in [0, 0.1) is 5.82 Å². The molecule has 1 heterocycles. The number of carbonyl (C=O) groups is 3. The molecule has 0 fully saturated rings. The van der Waals surface area contributed by atoms with Gasteiger partial charge in [-0.2, -0.15) is 0 Å². The van der Waals surface area contributed by atoms with Crippen molar-refractivity contribution in [1.29, 1.82) is 0 Å². The normalized spacial score (nSPS) is 12.9. The highest BCUT2D eigenvalue weighted by molar-refractivity contribution is 6.22. The van der Waals surface area contributed by atoms with Crippen LogP contribution in [0.3, 0.4) is 0 Å². The van der Waals surface area contributed by atoms with Gasteiger partial charge in [0.05, 0.1) is 16.7 Å². The number of imide groups is 1. The molecule has 0 N–H and O–H groups in total. The van der Waals surface area contributed by atoms with Crippen molar-refractivity contribution in [2.45, 2.75) is 6.61 Å². The predicted octanol–water partition coefficient (Wildman–Crippen LogP) is 2.96. The van der Waals surface area contributed by atoms with Crippen molar-refractivity contribution < 1.29 is 23.5 Å². The van der Waals surface area contributed by atoms with Gasteiger partial charge in [0.1, 0.15) is 12.4 Å². The number of benzene rings is 2. The summed E-state index contributed by atoms with van der Waals surface area (Å²) in [6.45, 7) is 3.38. The molecule has 0 atom stereocenters. The molecule has 2 amide bonds. The molecule has 25 heavy (non-hydrogen) atoms. The van der Waals surface area contributed by atoms with Gasteiger partial charge in [0.2, 0.25) is 0 Å². The van der Waals surface area contributed by atoms with E-state index in [9.17, 15) is 18.8 Å². The van der Waals surface area contributed by atoms with Crippen molar-refractivity contribution in [3.8, 4) is 0 Å². The van der Waals surface area contributed by atoms with Crippen LogP contribution in [0.4, 0.5) is 4.39 Å². The minimum atomic E-state index is -0.700. The van der Waals surface area contributed by atoms with E-state index in [0.29, 0.717) is 0 Å². The Morgan fingerprint density at radius 1 is 1.12 bits per heavy atom. The molecule has 2 aromatic carbocycles. The van der Waals surface area contributed by atoms with E-state index in [1.807, 2.05) is 0 Å². The SMILES string of the molecule is C=CCN1C(=O)c2ccc(C(=O)OCc3ccccc3F)cc2C1=O. The minimum Gasteiger partial charge on any atom is -0.457 e. The second-order valence-electron chi connectivity index (χ2n) is 5.44. The maximum Gasteiger partial charge on any atom is 0.338 e. The van der Waals surface area contributed by atoms with Crippen molar-refractivity contribution >= 4 is 17.8 Å². The molecule has 0 spiro atoms. The zero-order chi connectivity index (χ0) is 18.0. The van der Waals surface area contributed by atoms with E-state index >= 15 is 0 Å². The average molecular weight is 339 g/mol. The van der Waals surface area contributed by atoms with E-state index in [1.54, 1.807) is 12.1 Å². The Balaban J connectivity index is 1.78. The summed E-state index contributed by atoms with van der Waals surface area (Å²) in [6, 6.07) is 10.1. The fourth-order valence-corrected chi connectivity index (χ4v) is 2.55. The van der Waals surface area contributed by atoms with Crippen LogP contribution in [0.2, 0.25) is 0 Å². The van der Waals surface area contributed by atoms with Gasteiger partial charge in [-0.3, -0.25) is 14.5 Å². The lowest BCUT2D eigenvalue weighted by Crippen LogP contribution is -2.29. The maximum absolute atomic E-state index is 13.5. The quantitative estimate of drug-likeness (QED) is 0.477. The van der Waals surface area contributed by atoms with Gasteiger partial charge < -0.3 is 4.74 Å². The lowest BCUT2D eigenvalue weighted by molar-refractivity contribution is 0.0468. The van der Waals surface area contributed by atoms with Crippen molar-refractivity contribution in [1.82, 2.24) is 4.90 Å². The molecule has 0 bridgehead atoms. The Morgan fingerprint density at radius 3 is 2.56 bits per heavy atom. The first kappa shape index (κ1) is 16.6. The van der Waals surface area contributed by atoms with Crippen molar-refractivity contribution in [3.05, 3.63) is 83.2 Å². The Morgan fingerprint density at radius 2 is 1.84 bits per heavy atom. The van der Waals surface area contributed by atoms with E-state index in [4.69, 9.17) is 4.74 Å². The van der Waals surface area contributed by atoms with Crippen LogP contribution in [0.15, 0.2) is 55.1 Å². The van der Waals surface area contributed by atoms with Gasteiger partial charge in [-0.15, -0.1) is 6.58 Å². The first-order valence-corrected chi connectivity index (χ1v) is 7.54. The molecule has 0 aliphatic carbocycles. The number of carbonyl (C=O) groups excluding carboxylic acids is 3. The van der Waals surface area contributed by atoms with Crippen LogP contribution < -0.4 is 0 Å². The van der Waals surface area contributed by atoms with Gasteiger partial charge in [0.15, 0.2) is 0 Å². The van der Waals surface area contributed by atoms with Crippen LogP contribution in [0.25, 0.3) is 0 Å². The monoisotopic (exact) mass is 339 g/mol. The second-order valence-corrected chi connectivity index (χ2v) is 5.44. The Bertz CT molecular complexity index is 891. The van der Waals surface area contributed by atoms with E-state index in [1.165, 1.54) is 36.4 Å². The lowest BCUT2D eigenvalue weighted by atomic mass is 10.1. The highest BCUT2D eigenvalue weighted by Gasteiger charge is 2.35. The summed E-state index contributed by atoms with van der Waals surface area (Å²) in [4.78, 5) is 37.6. The number of hydrogen-bond donors (Lipinski definition) is 0. The highest BCUT2D eigenvalue weighted by atomic mass is 19.1. The lowest BCUT2D eigenvalue weighted by Gasteiger charge is -2.09. The van der Waals surface area contributed by atoms with E-state index in [0.717, 1.165) is 4.90 Å². The van der Waals surface area contributed by atoms with Crippen LogP contribution in [0.5, 0.6) is 0 Å². The van der Waals surface area contributed by atoms with Gasteiger partial charge in [-0.05, 0) is 24.3 Å². The smallest absolute Gasteiger partial charge is 0.338 e. The summed E-state index contributed by atoms with van der Waals surface area (Å²) in [5.41, 5.74) is 0.752. The molecule has 5 nitrogen and oxygen atoms in total. The molecule has 0 unspecified atom stereocenters. The van der Waals surface area contributed by atoms with Gasteiger partial charge in [-0.1, -0.05) is 24.3 Å². The van der Waals surface area contributed by atoms with Crippen LogP contribution in [-0.2, 0) is 11.3 Å². The van der Waals surface area contributed by atoms with Crippen molar-refractivity contribution in [2.24, 2.45) is 0 Å². The molecule has 1 aliphatic heterocycles. The summed E-state index contributed by atoms with van der Waals surface area (Å²) in [5.74, 6) is -2.08. The molecule has 2 aromatic rings. The number of halogens is 1. The molecule has 6 heteroatoms. The largest absolute Gasteiger partial charge is 0.457 e. The molecule has 0 radical (unpaired) electrons. The molecule has 0 saturated heterocycles. The number of fused-ring (bicyclic) bond motifs is 1. The molecule has 0 saturated carbocycles. The average Bonchev–Trinajstić information content (AvgIpc) is 2.85. The van der Waals surface area contributed by atoms with Gasteiger partial charge >= 0.3 is 5.97 Å². The zero-order valence-corrected chi connectivity index (χ0v) is 13.2. The molecule has 1 aliphatic rings. The van der Waals surface area contributed by atoms with Crippen molar-refractivity contribution in [2.75, 3.05) is 6.54 Å². The minimum absolute atomic E-state index is 0.0966. The third kappa shape index (κ3) is 3.06.